The van der Waals surface area contributed by atoms with E-state index in [0.717, 1.165) is 25.9 Å². The van der Waals surface area contributed by atoms with Crippen molar-refractivity contribution in [3.63, 3.8) is 0 Å². The lowest BCUT2D eigenvalue weighted by molar-refractivity contribution is -0.139. The zero-order chi connectivity index (χ0) is 15.9. The van der Waals surface area contributed by atoms with Gasteiger partial charge < -0.3 is 10.0 Å². The molecule has 1 N–H and O–H groups in total. The Morgan fingerprint density at radius 3 is 2.68 bits per heavy atom. The Kier molecular flexibility index (Phi) is 5.95. The molecular formula is C17H24N2O3. The van der Waals surface area contributed by atoms with Crippen LogP contribution in [-0.4, -0.2) is 52.5 Å². The third-order valence-electron chi connectivity index (χ3n) is 4.17. The number of rotatable bonds is 7. The molecule has 1 aliphatic heterocycles. The Labute approximate surface area is 131 Å². The molecule has 1 heterocycles. The second-order valence-corrected chi connectivity index (χ2v) is 5.68. The molecule has 1 unspecified atom stereocenters. The number of carboxylic acids is 1. The van der Waals surface area contributed by atoms with E-state index in [0.29, 0.717) is 13.1 Å². The lowest BCUT2D eigenvalue weighted by Gasteiger charge is -2.29. The molecule has 0 aromatic heterocycles. The number of likely N-dealkylation sites (N-methyl/N-ethyl adjacent to an activating group) is 1. The van der Waals surface area contributed by atoms with Crippen LogP contribution in [0.15, 0.2) is 30.3 Å². The predicted molar refractivity (Wildman–Crippen MR) is 84.4 cm³/mol. The molecule has 22 heavy (non-hydrogen) atoms. The van der Waals surface area contributed by atoms with E-state index in [9.17, 15) is 9.59 Å². The van der Waals surface area contributed by atoms with Crippen molar-refractivity contribution in [3.8, 4) is 0 Å². The number of likely N-dealkylation sites (tertiary alicyclic amines) is 1. The van der Waals surface area contributed by atoms with Crippen molar-refractivity contribution in [2.45, 2.75) is 38.8 Å². The van der Waals surface area contributed by atoms with Crippen LogP contribution in [0, 0.1) is 0 Å². The average molecular weight is 304 g/mol. The van der Waals surface area contributed by atoms with E-state index < -0.39 is 5.97 Å². The average Bonchev–Trinajstić information content (AvgIpc) is 2.96. The van der Waals surface area contributed by atoms with Crippen molar-refractivity contribution in [1.82, 2.24) is 9.80 Å². The summed E-state index contributed by atoms with van der Waals surface area (Å²) in [5, 5.41) is 8.80. The molecule has 0 saturated carbocycles. The van der Waals surface area contributed by atoms with Gasteiger partial charge in [0.2, 0.25) is 5.91 Å². The molecule has 1 aromatic carbocycles. The summed E-state index contributed by atoms with van der Waals surface area (Å²) in [6.45, 7) is 4.44. The maximum absolute atomic E-state index is 12.7. The van der Waals surface area contributed by atoms with Crippen molar-refractivity contribution in [3.05, 3.63) is 35.9 Å². The molecule has 0 bridgehead atoms. The Hall–Kier alpha value is -1.88. The molecular weight excluding hydrogens is 280 g/mol. The first-order chi connectivity index (χ1) is 10.6. The van der Waals surface area contributed by atoms with Gasteiger partial charge in [0.25, 0.3) is 0 Å². The van der Waals surface area contributed by atoms with Crippen molar-refractivity contribution < 1.29 is 14.7 Å². The summed E-state index contributed by atoms with van der Waals surface area (Å²) >= 11 is 0. The molecule has 1 atom stereocenters. The summed E-state index contributed by atoms with van der Waals surface area (Å²) in [7, 11) is 0. The van der Waals surface area contributed by atoms with E-state index in [1.165, 1.54) is 5.56 Å². The second-order valence-electron chi connectivity index (χ2n) is 5.68. The molecule has 2 rings (SSSR count). The predicted octanol–water partition coefficient (Wildman–Crippen LogP) is 1.97. The summed E-state index contributed by atoms with van der Waals surface area (Å²) in [4.78, 5) is 27.3. The molecule has 120 valence electrons. The Morgan fingerprint density at radius 1 is 1.32 bits per heavy atom. The van der Waals surface area contributed by atoms with E-state index in [1.54, 1.807) is 4.90 Å². The van der Waals surface area contributed by atoms with E-state index >= 15 is 0 Å². The largest absolute Gasteiger partial charge is 0.481 e. The van der Waals surface area contributed by atoms with Gasteiger partial charge in [-0.05, 0) is 31.9 Å². The molecule has 1 aromatic rings. The first-order valence-electron chi connectivity index (χ1n) is 7.90. The maximum atomic E-state index is 12.7. The fourth-order valence-electron chi connectivity index (χ4n) is 2.98. The summed E-state index contributed by atoms with van der Waals surface area (Å²) in [6, 6.07) is 10.0. The van der Waals surface area contributed by atoms with Gasteiger partial charge in [-0.2, -0.15) is 0 Å². The van der Waals surface area contributed by atoms with Crippen molar-refractivity contribution in [1.29, 1.82) is 0 Å². The first-order valence-corrected chi connectivity index (χ1v) is 7.90. The molecule has 5 nitrogen and oxygen atoms in total. The fraction of sp³-hybridized carbons (Fsp3) is 0.529. The highest BCUT2D eigenvalue weighted by molar-refractivity contribution is 5.82. The summed E-state index contributed by atoms with van der Waals surface area (Å²) < 4.78 is 0. The number of hydrogen-bond donors (Lipinski definition) is 1. The minimum Gasteiger partial charge on any atom is -0.481 e. The van der Waals surface area contributed by atoms with Gasteiger partial charge in [0.1, 0.15) is 0 Å². The molecule has 0 spiro atoms. The van der Waals surface area contributed by atoms with Crippen LogP contribution in [0.3, 0.4) is 0 Å². The highest BCUT2D eigenvalue weighted by Gasteiger charge is 2.33. The summed E-state index contributed by atoms with van der Waals surface area (Å²) in [5.41, 5.74) is 1.20. The zero-order valence-corrected chi connectivity index (χ0v) is 13.1. The minimum absolute atomic E-state index is 0.00495. The molecule has 0 aliphatic carbocycles. The second kappa shape index (κ2) is 7.94. The topological polar surface area (TPSA) is 60.9 Å². The van der Waals surface area contributed by atoms with E-state index in [2.05, 4.69) is 17.0 Å². The maximum Gasteiger partial charge on any atom is 0.305 e. The van der Waals surface area contributed by atoms with Crippen molar-refractivity contribution in [2.75, 3.05) is 19.6 Å². The fourth-order valence-corrected chi connectivity index (χ4v) is 2.98. The lowest BCUT2D eigenvalue weighted by Crippen LogP contribution is -2.46. The van der Waals surface area contributed by atoms with E-state index in [4.69, 9.17) is 5.11 Å². The van der Waals surface area contributed by atoms with Gasteiger partial charge in [-0.25, -0.2) is 0 Å². The first kappa shape index (κ1) is 16.5. The van der Waals surface area contributed by atoms with Crippen LogP contribution in [0.25, 0.3) is 0 Å². The van der Waals surface area contributed by atoms with Gasteiger partial charge in [-0.3, -0.25) is 14.5 Å². The molecule has 1 aliphatic rings. The smallest absolute Gasteiger partial charge is 0.305 e. The van der Waals surface area contributed by atoms with Crippen LogP contribution in [-0.2, 0) is 16.1 Å². The van der Waals surface area contributed by atoms with Crippen LogP contribution in [0.1, 0.15) is 31.7 Å². The monoisotopic (exact) mass is 304 g/mol. The molecule has 1 amide bonds. The van der Waals surface area contributed by atoms with Crippen LogP contribution in [0.2, 0.25) is 0 Å². The number of carboxylic acid groups (broad SMARTS) is 1. The van der Waals surface area contributed by atoms with Crippen LogP contribution in [0.5, 0.6) is 0 Å². The number of carbonyl (C=O) groups excluding carboxylic acids is 1. The molecule has 5 heteroatoms. The summed E-state index contributed by atoms with van der Waals surface area (Å²) in [6.07, 6.45) is 1.87. The van der Waals surface area contributed by atoms with Gasteiger partial charge in [-0.1, -0.05) is 30.3 Å². The van der Waals surface area contributed by atoms with Crippen molar-refractivity contribution >= 4 is 11.9 Å². The van der Waals surface area contributed by atoms with Gasteiger partial charge >= 0.3 is 5.97 Å². The quantitative estimate of drug-likeness (QED) is 0.836. The van der Waals surface area contributed by atoms with Gasteiger partial charge in [0.05, 0.1) is 12.5 Å². The minimum atomic E-state index is -0.862. The van der Waals surface area contributed by atoms with E-state index in [-0.39, 0.29) is 18.4 Å². The SMILES string of the molecule is CCN(CCC(=O)O)C(=O)C1CCCN1Cc1ccccc1. The van der Waals surface area contributed by atoms with Gasteiger partial charge in [0, 0.05) is 19.6 Å². The zero-order valence-electron chi connectivity index (χ0n) is 13.1. The number of amides is 1. The van der Waals surface area contributed by atoms with Gasteiger partial charge in [-0.15, -0.1) is 0 Å². The summed E-state index contributed by atoms with van der Waals surface area (Å²) in [5.74, 6) is -0.795. The number of hydrogen-bond acceptors (Lipinski definition) is 3. The van der Waals surface area contributed by atoms with Crippen LogP contribution < -0.4 is 0 Å². The van der Waals surface area contributed by atoms with Crippen LogP contribution in [0.4, 0.5) is 0 Å². The standard InChI is InChI=1S/C17H24N2O3/c1-2-18(12-10-16(20)21)17(22)15-9-6-11-19(15)13-14-7-4-3-5-8-14/h3-5,7-8,15H,2,6,9-13H2,1H3,(H,20,21). The number of benzene rings is 1. The number of nitrogens with zero attached hydrogens (tertiary/aromatic N) is 2. The third-order valence-corrected chi connectivity index (χ3v) is 4.17. The van der Waals surface area contributed by atoms with Gasteiger partial charge in [0.15, 0.2) is 0 Å². The Bertz CT molecular complexity index is 504. The number of aliphatic carboxylic acids is 1. The van der Waals surface area contributed by atoms with Crippen molar-refractivity contribution in [2.24, 2.45) is 0 Å². The van der Waals surface area contributed by atoms with E-state index in [1.807, 2.05) is 25.1 Å². The third kappa shape index (κ3) is 4.31. The normalized spacial score (nSPS) is 18.3. The van der Waals surface area contributed by atoms with Crippen LogP contribution >= 0.6 is 0 Å². The highest BCUT2D eigenvalue weighted by atomic mass is 16.4. The molecule has 1 fully saturated rings. The number of carbonyl (C=O) groups is 2. The Balaban J connectivity index is 1.99. The highest BCUT2D eigenvalue weighted by Crippen LogP contribution is 2.22. The Morgan fingerprint density at radius 2 is 2.05 bits per heavy atom. The molecule has 1 saturated heterocycles. The molecule has 0 radical (unpaired) electrons. The lowest BCUT2D eigenvalue weighted by atomic mass is 10.1.